The van der Waals surface area contributed by atoms with Crippen LogP contribution in [0.2, 0.25) is 0 Å². The molecule has 0 spiro atoms. The van der Waals surface area contributed by atoms with E-state index in [2.05, 4.69) is 72.6 Å². The molecule has 4 aromatic heterocycles. The van der Waals surface area contributed by atoms with Crippen molar-refractivity contribution in [1.29, 1.82) is 0 Å². The fourth-order valence-corrected chi connectivity index (χ4v) is 5.12. The minimum Gasteiger partial charge on any atom is -0.457 e. The fraction of sp³-hybridized carbons (Fsp3) is 0.121. The zero-order valence-corrected chi connectivity index (χ0v) is 21.5. The van der Waals surface area contributed by atoms with Crippen molar-refractivity contribution in [3.05, 3.63) is 109 Å². The van der Waals surface area contributed by atoms with E-state index in [1.165, 1.54) is 5.56 Å². The summed E-state index contributed by atoms with van der Waals surface area (Å²) in [5, 5.41) is 3.20. The number of nitrogens with zero attached hydrogens (tertiary/aromatic N) is 4. The summed E-state index contributed by atoms with van der Waals surface area (Å²) in [5.74, 6) is 1.51. The average Bonchev–Trinajstić information content (AvgIpc) is 3.33. The number of hydrogen-bond acceptors (Lipinski definition) is 4. The van der Waals surface area contributed by atoms with Crippen LogP contribution < -0.4 is 4.74 Å². The molecule has 0 atom stereocenters. The van der Waals surface area contributed by atoms with Gasteiger partial charge in [0, 0.05) is 28.7 Å². The van der Waals surface area contributed by atoms with Crippen molar-refractivity contribution in [2.45, 2.75) is 26.2 Å². The minimum absolute atomic E-state index is 0.0551. The van der Waals surface area contributed by atoms with E-state index in [0.29, 0.717) is 0 Å². The van der Waals surface area contributed by atoms with Crippen molar-refractivity contribution >= 4 is 38.5 Å². The van der Waals surface area contributed by atoms with Crippen molar-refractivity contribution in [1.82, 2.24) is 19.4 Å². The monoisotopic (exact) mass is 494 g/mol. The molecule has 0 saturated carbocycles. The van der Waals surface area contributed by atoms with Crippen LogP contribution in [0.5, 0.6) is 11.5 Å². The molecule has 0 unspecified atom stereocenters. The van der Waals surface area contributed by atoms with Crippen LogP contribution in [0.1, 0.15) is 26.3 Å². The lowest BCUT2D eigenvalue weighted by atomic mass is 9.87. The maximum absolute atomic E-state index is 6.40. The van der Waals surface area contributed by atoms with Crippen LogP contribution in [0.15, 0.2) is 103 Å². The van der Waals surface area contributed by atoms with Crippen LogP contribution in [0, 0.1) is 0 Å². The van der Waals surface area contributed by atoms with E-state index in [1.54, 1.807) is 0 Å². The summed E-state index contributed by atoms with van der Waals surface area (Å²) in [5.41, 5.74) is 7.01. The Morgan fingerprint density at radius 3 is 2.42 bits per heavy atom. The Bertz CT molecular complexity index is 2000. The highest BCUT2D eigenvalue weighted by Gasteiger charge is 2.16. The molecule has 0 aliphatic rings. The SMILES string of the molecule is CC(C)(C)c1ccnc(-c2cccc(Oc3ccc4c5cccnc5n5c6ccccc6nc5c4c3)c2)c1. The first kappa shape index (κ1) is 22.4. The molecule has 7 rings (SSSR count). The number of rotatable bonds is 3. The van der Waals surface area contributed by atoms with E-state index in [-0.39, 0.29) is 5.41 Å². The number of para-hydroxylation sites is 2. The van der Waals surface area contributed by atoms with Crippen LogP contribution in [-0.4, -0.2) is 19.4 Å². The average molecular weight is 495 g/mol. The molecule has 38 heavy (non-hydrogen) atoms. The van der Waals surface area contributed by atoms with Gasteiger partial charge in [-0.1, -0.05) is 45.0 Å². The summed E-state index contributed by atoms with van der Waals surface area (Å²) >= 11 is 0. The second kappa shape index (κ2) is 8.38. The van der Waals surface area contributed by atoms with Gasteiger partial charge < -0.3 is 4.74 Å². The third-order valence-electron chi connectivity index (χ3n) is 7.07. The molecule has 5 nitrogen and oxygen atoms in total. The van der Waals surface area contributed by atoms with Gasteiger partial charge in [-0.05, 0) is 83.1 Å². The van der Waals surface area contributed by atoms with Crippen LogP contribution in [0.25, 0.3) is 49.7 Å². The summed E-state index contributed by atoms with van der Waals surface area (Å²) in [7, 11) is 0. The van der Waals surface area contributed by atoms with Gasteiger partial charge in [-0.25, -0.2) is 9.97 Å². The number of pyridine rings is 3. The first-order chi connectivity index (χ1) is 18.5. The Labute approximate surface area is 220 Å². The predicted molar refractivity (Wildman–Crippen MR) is 154 cm³/mol. The summed E-state index contributed by atoms with van der Waals surface area (Å²) in [6.45, 7) is 6.64. The third kappa shape index (κ3) is 3.67. The smallest absolute Gasteiger partial charge is 0.147 e. The Hall–Kier alpha value is -4.77. The van der Waals surface area contributed by atoms with E-state index >= 15 is 0 Å². The quantitative estimate of drug-likeness (QED) is 0.232. The van der Waals surface area contributed by atoms with Gasteiger partial charge in [-0.2, -0.15) is 0 Å². The van der Waals surface area contributed by atoms with Gasteiger partial charge in [0.15, 0.2) is 0 Å². The third-order valence-corrected chi connectivity index (χ3v) is 7.07. The van der Waals surface area contributed by atoms with Crippen LogP contribution in [0.4, 0.5) is 0 Å². The molecule has 184 valence electrons. The van der Waals surface area contributed by atoms with Crippen molar-refractivity contribution < 1.29 is 4.74 Å². The van der Waals surface area contributed by atoms with E-state index in [4.69, 9.17) is 14.7 Å². The van der Waals surface area contributed by atoms with Gasteiger partial charge in [-0.15, -0.1) is 0 Å². The zero-order valence-electron chi connectivity index (χ0n) is 21.5. The summed E-state index contributed by atoms with van der Waals surface area (Å²) in [6.07, 6.45) is 3.71. The van der Waals surface area contributed by atoms with Crippen LogP contribution >= 0.6 is 0 Å². The lowest BCUT2D eigenvalue weighted by Gasteiger charge is -2.19. The number of benzene rings is 3. The molecule has 0 fully saturated rings. The molecule has 4 heterocycles. The standard InChI is InChI=1S/C33H26N4O/c1-33(2,3)22-15-17-34-29(19-22)21-8-6-9-23(18-21)38-24-13-14-25-26-10-7-16-35-31(26)37-30-12-5-4-11-28(30)36-32(37)27(25)20-24/h4-20H,1-3H3. The van der Waals surface area contributed by atoms with Crippen molar-refractivity contribution in [2.24, 2.45) is 0 Å². The second-order valence-corrected chi connectivity index (χ2v) is 10.7. The first-order valence-corrected chi connectivity index (χ1v) is 12.8. The number of ether oxygens (including phenoxy) is 1. The molecular formula is C33H26N4O. The lowest BCUT2D eigenvalue weighted by Crippen LogP contribution is -2.11. The molecule has 0 aliphatic carbocycles. The molecule has 5 heteroatoms. The molecular weight excluding hydrogens is 468 g/mol. The Morgan fingerprint density at radius 2 is 1.53 bits per heavy atom. The number of imidazole rings is 1. The Balaban J connectivity index is 1.35. The maximum Gasteiger partial charge on any atom is 0.147 e. The van der Waals surface area contributed by atoms with Gasteiger partial charge in [0.1, 0.15) is 22.8 Å². The first-order valence-electron chi connectivity index (χ1n) is 12.8. The number of fused-ring (bicyclic) bond motifs is 8. The van der Waals surface area contributed by atoms with Crippen molar-refractivity contribution in [3.8, 4) is 22.8 Å². The van der Waals surface area contributed by atoms with E-state index in [1.807, 2.05) is 60.9 Å². The topological polar surface area (TPSA) is 52.3 Å². The van der Waals surface area contributed by atoms with Gasteiger partial charge in [0.25, 0.3) is 0 Å². The van der Waals surface area contributed by atoms with Crippen molar-refractivity contribution in [3.63, 3.8) is 0 Å². The second-order valence-electron chi connectivity index (χ2n) is 10.7. The lowest BCUT2D eigenvalue weighted by molar-refractivity contribution is 0.483. The normalized spacial score (nSPS) is 12.1. The highest BCUT2D eigenvalue weighted by Crippen LogP contribution is 2.35. The molecule has 0 bridgehead atoms. The number of aromatic nitrogens is 4. The largest absolute Gasteiger partial charge is 0.457 e. The van der Waals surface area contributed by atoms with E-state index < -0.39 is 0 Å². The highest BCUT2D eigenvalue weighted by molar-refractivity contribution is 6.13. The van der Waals surface area contributed by atoms with Crippen LogP contribution in [0.3, 0.4) is 0 Å². The Morgan fingerprint density at radius 1 is 0.658 bits per heavy atom. The Kier molecular flexibility index (Phi) is 4.95. The summed E-state index contributed by atoms with van der Waals surface area (Å²) < 4.78 is 8.54. The molecule has 0 aliphatic heterocycles. The van der Waals surface area contributed by atoms with Gasteiger partial charge in [0.2, 0.25) is 0 Å². The zero-order chi connectivity index (χ0) is 25.9. The van der Waals surface area contributed by atoms with Gasteiger partial charge in [-0.3, -0.25) is 9.38 Å². The molecule has 0 saturated heterocycles. The molecule has 3 aromatic carbocycles. The van der Waals surface area contributed by atoms with Crippen LogP contribution in [-0.2, 0) is 5.41 Å². The molecule has 7 aromatic rings. The molecule has 0 N–H and O–H groups in total. The van der Waals surface area contributed by atoms with E-state index in [9.17, 15) is 0 Å². The minimum atomic E-state index is 0.0551. The van der Waals surface area contributed by atoms with Gasteiger partial charge in [0.05, 0.1) is 16.7 Å². The van der Waals surface area contributed by atoms with Crippen molar-refractivity contribution in [2.75, 3.05) is 0 Å². The predicted octanol–water partition coefficient (Wildman–Crippen LogP) is 8.34. The molecule has 0 amide bonds. The highest BCUT2D eigenvalue weighted by atomic mass is 16.5. The summed E-state index contributed by atoms with van der Waals surface area (Å²) in [4.78, 5) is 14.3. The fourth-order valence-electron chi connectivity index (χ4n) is 5.12. The number of hydrogen-bond donors (Lipinski definition) is 0. The van der Waals surface area contributed by atoms with E-state index in [0.717, 1.165) is 61.2 Å². The molecule has 0 radical (unpaired) electrons. The van der Waals surface area contributed by atoms with Gasteiger partial charge >= 0.3 is 0 Å². The maximum atomic E-state index is 6.40. The summed E-state index contributed by atoms with van der Waals surface area (Å²) in [6, 6.07) is 30.8.